The number of carbonyl (C=O) groups is 2. The van der Waals surface area contributed by atoms with E-state index in [1.807, 2.05) is 12.1 Å². The summed E-state index contributed by atoms with van der Waals surface area (Å²) in [5, 5.41) is 4.08. The number of rotatable bonds is 4. The summed E-state index contributed by atoms with van der Waals surface area (Å²) in [6.07, 6.45) is 2.79. The zero-order valence-corrected chi connectivity index (χ0v) is 17.7. The molecular weight excluding hydrogens is 381 g/mol. The van der Waals surface area contributed by atoms with Gasteiger partial charge in [-0.1, -0.05) is 45.0 Å². The lowest BCUT2D eigenvalue weighted by molar-refractivity contribution is -0.126. The summed E-state index contributed by atoms with van der Waals surface area (Å²) in [4.78, 5) is 26.6. The summed E-state index contributed by atoms with van der Waals surface area (Å²) >= 11 is 0. The summed E-state index contributed by atoms with van der Waals surface area (Å²) in [5.41, 5.74) is 5.33. The first-order valence-corrected chi connectivity index (χ1v) is 10.2. The molecule has 30 heavy (non-hydrogen) atoms. The molecule has 0 aromatic heterocycles. The maximum absolute atomic E-state index is 13.0. The SMILES string of the molecule is CC(C)(C)c1ccc(/C=N\NC(=O)C2CCN(C(=O)c3ccc(F)cc3)CC2)cc1. The lowest BCUT2D eigenvalue weighted by Gasteiger charge is -2.31. The molecular formula is C24H28FN3O2. The number of halogens is 1. The predicted octanol–water partition coefficient (Wildman–Crippen LogP) is 4.13. The van der Waals surface area contributed by atoms with Gasteiger partial charge in [-0.05, 0) is 53.6 Å². The summed E-state index contributed by atoms with van der Waals surface area (Å²) in [7, 11) is 0. The van der Waals surface area contributed by atoms with Gasteiger partial charge in [0.2, 0.25) is 5.91 Å². The average molecular weight is 410 g/mol. The quantitative estimate of drug-likeness (QED) is 0.610. The van der Waals surface area contributed by atoms with Crippen molar-refractivity contribution in [1.29, 1.82) is 0 Å². The molecule has 1 aliphatic rings. The Labute approximate surface area is 177 Å². The average Bonchev–Trinajstić information content (AvgIpc) is 2.73. The van der Waals surface area contributed by atoms with Gasteiger partial charge in [-0.2, -0.15) is 5.10 Å². The Balaban J connectivity index is 1.47. The van der Waals surface area contributed by atoms with E-state index >= 15 is 0 Å². The topological polar surface area (TPSA) is 61.8 Å². The maximum atomic E-state index is 13.0. The number of hydrogen-bond acceptors (Lipinski definition) is 3. The second-order valence-electron chi connectivity index (χ2n) is 8.68. The molecule has 0 aliphatic carbocycles. The van der Waals surface area contributed by atoms with Gasteiger partial charge in [0.15, 0.2) is 0 Å². The predicted molar refractivity (Wildman–Crippen MR) is 116 cm³/mol. The van der Waals surface area contributed by atoms with Crippen molar-refractivity contribution < 1.29 is 14.0 Å². The van der Waals surface area contributed by atoms with Crippen molar-refractivity contribution in [3.63, 3.8) is 0 Å². The van der Waals surface area contributed by atoms with E-state index < -0.39 is 0 Å². The number of benzene rings is 2. The molecule has 158 valence electrons. The minimum absolute atomic E-state index is 0.0941. The molecule has 0 saturated carbocycles. The highest BCUT2D eigenvalue weighted by atomic mass is 19.1. The highest BCUT2D eigenvalue weighted by molar-refractivity contribution is 5.94. The van der Waals surface area contributed by atoms with Crippen molar-refractivity contribution in [2.45, 2.75) is 39.0 Å². The molecule has 1 N–H and O–H groups in total. The Morgan fingerprint density at radius 2 is 1.63 bits per heavy atom. The molecule has 5 nitrogen and oxygen atoms in total. The lowest BCUT2D eigenvalue weighted by atomic mass is 9.87. The zero-order valence-electron chi connectivity index (χ0n) is 17.7. The van der Waals surface area contributed by atoms with E-state index in [0.717, 1.165) is 5.56 Å². The summed E-state index contributed by atoms with van der Waals surface area (Å²) in [5.74, 6) is -0.813. The minimum atomic E-state index is -0.368. The van der Waals surface area contributed by atoms with Crippen molar-refractivity contribution in [1.82, 2.24) is 10.3 Å². The van der Waals surface area contributed by atoms with Crippen LogP contribution in [-0.4, -0.2) is 36.0 Å². The monoisotopic (exact) mass is 409 g/mol. The number of carbonyl (C=O) groups excluding carboxylic acids is 2. The van der Waals surface area contributed by atoms with Crippen molar-refractivity contribution in [2.24, 2.45) is 11.0 Å². The highest BCUT2D eigenvalue weighted by Crippen LogP contribution is 2.22. The number of likely N-dealkylation sites (tertiary alicyclic amines) is 1. The normalized spacial score (nSPS) is 15.4. The molecule has 0 bridgehead atoms. The number of piperidine rings is 1. The van der Waals surface area contributed by atoms with E-state index in [0.29, 0.717) is 31.5 Å². The first kappa shape index (κ1) is 21.7. The molecule has 0 atom stereocenters. The van der Waals surface area contributed by atoms with Gasteiger partial charge < -0.3 is 4.90 Å². The van der Waals surface area contributed by atoms with Gasteiger partial charge in [-0.3, -0.25) is 9.59 Å². The van der Waals surface area contributed by atoms with Crippen LogP contribution in [0.25, 0.3) is 0 Å². The Kier molecular flexibility index (Phi) is 6.65. The zero-order chi connectivity index (χ0) is 21.7. The van der Waals surface area contributed by atoms with E-state index in [2.05, 4.69) is 43.4 Å². The number of hydrogen-bond donors (Lipinski definition) is 1. The number of amides is 2. The van der Waals surface area contributed by atoms with Crippen LogP contribution in [0, 0.1) is 11.7 Å². The largest absolute Gasteiger partial charge is 0.339 e. The van der Waals surface area contributed by atoms with Crippen LogP contribution >= 0.6 is 0 Å². The molecule has 0 spiro atoms. The summed E-state index contributed by atoms with van der Waals surface area (Å²) in [6.45, 7) is 7.47. The third-order valence-corrected chi connectivity index (χ3v) is 5.41. The molecule has 0 unspecified atom stereocenters. The van der Waals surface area contributed by atoms with Gasteiger partial charge in [0.25, 0.3) is 5.91 Å². The van der Waals surface area contributed by atoms with E-state index in [-0.39, 0.29) is 29.0 Å². The molecule has 1 fully saturated rings. The van der Waals surface area contributed by atoms with E-state index in [4.69, 9.17) is 0 Å². The van der Waals surface area contributed by atoms with Crippen molar-refractivity contribution in [2.75, 3.05) is 13.1 Å². The van der Waals surface area contributed by atoms with Gasteiger partial charge in [0.05, 0.1) is 6.21 Å². The number of nitrogens with one attached hydrogen (secondary N) is 1. The molecule has 2 aromatic rings. The molecule has 2 aromatic carbocycles. The first-order valence-electron chi connectivity index (χ1n) is 10.2. The van der Waals surface area contributed by atoms with Gasteiger partial charge in [0, 0.05) is 24.6 Å². The van der Waals surface area contributed by atoms with Gasteiger partial charge in [0.1, 0.15) is 5.82 Å². The van der Waals surface area contributed by atoms with Crippen molar-refractivity contribution in [3.05, 3.63) is 71.0 Å². The third kappa shape index (κ3) is 5.53. The van der Waals surface area contributed by atoms with Crippen LogP contribution in [0.1, 0.15) is 55.1 Å². The van der Waals surface area contributed by atoms with E-state index in [9.17, 15) is 14.0 Å². The van der Waals surface area contributed by atoms with Crippen LogP contribution in [-0.2, 0) is 10.2 Å². The molecule has 0 radical (unpaired) electrons. The Morgan fingerprint density at radius 3 is 2.20 bits per heavy atom. The van der Waals surface area contributed by atoms with Crippen LogP contribution in [0.4, 0.5) is 4.39 Å². The number of hydrazone groups is 1. The molecule has 3 rings (SSSR count). The molecule has 1 heterocycles. The fourth-order valence-corrected chi connectivity index (χ4v) is 3.45. The minimum Gasteiger partial charge on any atom is -0.339 e. The molecule has 1 saturated heterocycles. The van der Waals surface area contributed by atoms with Crippen molar-refractivity contribution in [3.8, 4) is 0 Å². The van der Waals surface area contributed by atoms with Crippen LogP contribution in [0.5, 0.6) is 0 Å². The maximum Gasteiger partial charge on any atom is 0.253 e. The third-order valence-electron chi connectivity index (χ3n) is 5.41. The molecule has 2 amide bonds. The van der Waals surface area contributed by atoms with Crippen LogP contribution in [0.3, 0.4) is 0 Å². The molecule has 1 aliphatic heterocycles. The van der Waals surface area contributed by atoms with Crippen LogP contribution in [0.15, 0.2) is 53.6 Å². The van der Waals surface area contributed by atoms with Crippen LogP contribution < -0.4 is 5.43 Å². The van der Waals surface area contributed by atoms with Gasteiger partial charge in [-0.25, -0.2) is 9.82 Å². The van der Waals surface area contributed by atoms with Crippen molar-refractivity contribution >= 4 is 18.0 Å². The first-order chi connectivity index (χ1) is 14.2. The number of nitrogens with zero attached hydrogens (tertiary/aromatic N) is 2. The Bertz CT molecular complexity index is 907. The Hall–Kier alpha value is -3.02. The van der Waals surface area contributed by atoms with Crippen LogP contribution in [0.2, 0.25) is 0 Å². The fourth-order valence-electron chi connectivity index (χ4n) is 3.45. The van der Waals surface area contributed by atoms with Gasteiger partial charge in [-0.15, -0.1) is 0 Å². The molecule has 6 heteroatoms. The highest BCUT2D eigenvalue weighted by Gasteiger charge is 2.27. The van der Waals surface area contributed by atoms with Gasteiger partial charge >= 0.3 is 0 Å². The second-order valence-corrected chi connectivity index (χ2v) is 8.68. The van der Waals surface area contributed by atoms with E-state index in [1.54, 1.807) is 11.1 Å². The smallest absolute Gasteiger partial charge is 0.253 e. The standard InChI is InChI=1S/C24H28FN3O2/c1-24(2,3)20-8-4-17(5-9-20)16-26-27-22(29)18-12-14-28(15-13-18)23(30)19-6-10-21(25)11-7-19/h4-11,16,18H,12-15H2,1-3H3,(H,27,29)/b26-16-. The lowest BCUT2D eigenvalue weighted by Crippen LogP contribution is -2.42. The Morgan fingerprint density at radius 1 is 1.03 bits per heavy atom. The summed E-state index contributed by atoms with van der Waals surface area (Å²) < 4.78 is 13.0. The van der Waals surface area contributed by atoms with E-state index in [1.165, 1.54) is 29.8 Å². The second kappa shape index (κ2) is 9.20. The fraction of sp³-hybridized carbons (Fsp3) is 0.375. The summed E-state index contributed by atoms with van der Waals surface area (Å²) in [6, 6.07) is 13.6.